The Hall–Kier alpha value is -2.15. The van der Waals surface area contributed by atoms with Gasteiger partial charge in [0.05, 0.1) is 6.54 Å². The van der Waals surface area contributed by atoms with Gasteiger partial charge < -0.3 is 9.47 Å². The summed E-state index contributed by atoms with van der Waals surface area (Å²) in [6.07, 6.45) is 2.81. The van der Waals surface area contributed by atoms with Crippen LogP contribution in [0.5, 0.6) is 0 Å². The molecule has 0 fully saturated rings. The minimum Gasteiger partial charge on any atom is -0.461 e. The molecule has 0 unspecified atom stereocenters. The van der Waals surface area contributed by atoms with E-state index in [-0.39, 0.29) is 24.7 Å². The number of aromatic nitrogens is 2. The molecule has 1 aromatic carbocycles. The van der Waals surface area contributed by atoms with Gasteiger partial charge in [-0.05, 0) is 33.6 Å². The number of benzene rings is 1. The lowest BCUT2D eigenvalue weighted by atomic mass is 10.2. The van der Waals surface area contributed by atoms with Gasteiger partial charge in [0.25, 0.3) is 5.56 Å². The van der Waals surface area contributed by atoms with Gasteiger partial charge in [-0.3, -0.25) is 9.36 Å². The van der Waals surface area contributed by atoms with Crippen LogP contribution in [0.15, 0.2) is 46.0 Å². The van der Waals surface area contributed by atoms with Crippen LogP contribution in [0.1, 0.15) is 11.4 Å². The zero-order valence-electron chi connectivity index (χ0n) is 10.8. The molecule has 1 aromatic heterocycles. The topological polar surface area (TPSA) is 53.4 Å². The summed E-state index contributed by atoms with van der Waals surface area (Å²) in [4.78, 5) is 16.5. The first-order chi connectivity index (χ1) is 10.1. The van der Waals surface area contributed by atoms with E-state index in [1.165, 1.54) is 29.2 Å². The Labute approximate surface area is 127 Å². The van der Waals surface area contributed by atoms with E-state index < -0.39 is 0 Å². The summed E-state index contributed by atoms with van der Waals surface area (Å²) in [6, 6.07) is 6.05. The number of hydrogen-bond acceptors (Lipinski definition) is 4. The molecule has 2 heterocycles. The summed E-state index contributed by atoms with van der Waals surface area (Å²) in [7, 11) is 0. The average Bonchev–Trinajstić information content (AvgIpc) is 2.98. The quantitative estimate of drug-likeness (QED) is 0.851. The van der Waals surface area contributed by atoms with Crippen LogP contribution in [0.2, 0.25) is 0 Å². The highest BCUT2D eigenvalue weighted by Gasteiger charge is 2.18. The third kappa shape index (κ3) is 2.82. The van der Waals surface area contributed by atoms with E-state index in [4.69, 9.17) is 9.47 Å². The highest BCUT2D eigenvalue weighted by atomic mass is 79.9. The molecule has 0 atom stereocenters. The molecule has 0 radical (unpaired) electrons. The number of nitrogens with zero attached hydrogens (tertiary/aromatic N) is 2. The van der Waals surface area contributed by atoms with Crippen LogP contribution in [-0.2, 0) is 16.0 Å². The molecule has 0 spiro atoms. The van der Waals surface area contributed by atoms with Gasteiger partial charge in [-0.1, -0.05) is 12.1 Å². The first-order valence-corrected chi connectivity index (χ1v) is 6.89. The van der Waals surface area contributed by atoms with Crippen molar-refractivity contribution < 1.29 is 13.9 Å². The molecule has 0 saturated carbocycles. The van der Waals surface area contributed by atoms with Crippen molar-refractivity contribution in [2.75, 3.05) is 6.79 Å². The smallest absolute Gasteiger partial charge is 0.268 e. The molecule has 108 valence electrons. The normalized spacial score (nSPS) is 13.5. The van der Waals surface area contributed by atoms with Crippen molar-refractivity contribution in [3.8, 4) is 0 Å². The highest BCUT2D eigenvalue weighted by molar-refractivity contribution is 9.10. The SMILES string of the molecule is O=c1c(Br)cnc(C2=COCO2)n1Cc1cccc(F)c1. The second-order valence-electron chi connectivity index (χ2n) is 4.36. The number of rotatable bonds is 3. The third-order valence-electron chi connectivity index (χ3n) is 2.93. The minimum atomic E-state index is -0.357. The van der Waals surface area contributed by atoms with Crippen molar-refractivity contribution in [2.24, 2.45) is 0 Å². The van der Waals surface area contributed by atoms with Gasteiger partial charge in [0, 0.05) is 6.20 Å². The number of hydrogen-bond donors (Lipinski definition) is 0. The fourth-order valence-corrected chi connectivity index (χ4v) is 2.30. The Morgan fingerprint density at radius 3 is 3.00 bits per heavy atom. The van der Waals surface area contributed by atoms with Crippen LogP contribution < -0.4 is 5.56 Å². The predicted octanol–water partition coefficient (Wildman–Crippen LogP) is 2.50. The van der Waals surface area contributed by atoms with Gasteiger partial charge in [0.15, 0.2) is 5.82 Å². The van der Waals surface area contributed by atoms with Gasteiger partial charge in [0.2, 0.25) is 12.6 Å². The van der Waals surface area contributed by atoms with E-state index in [0.29, 0.717) is 21.6 Å². The zero-order chi connectivity index (χ0) is 14.8. The summed E-state index contributed by atoms with van der Waals surface area (Å²) < 4.78 is 25.3. The van der Waals surface area contributed by atoms with Gasteiger partial charge in [-0.25, -0.2) is 9.37 Å². The van der Waals surface area contributed by atoms with Crippen molar-refractivity contribution in [3.05, 3.63) is 68.8 Å². The predicted molar refractivity (Wildman–Crippen MR) is 76.7 cm³/mol. The second-order valence-corrected chi connectivity index (χ2v) is 5.22. The summed E-state index contributed by atoms with van der Waals surface area (Å²) in [5, 5.41) is 0. The van der Waals surface area contributed by atoms with E-state index in [9.17, 15) is 9.18 Å². The molecule has 0 N–H and O–H groups in total. The first kappa shape index (κ1) is 13.8. The Morgan fingerprint density at radius 2 is 2.29 bits per heavy atom. The van der Waals surface area contributed by atoms with Gasteiger partial charge >= 0.3 is 0 Å². The standard InChI is InChI=1S/C14H10BrFN2O3/c15-11-5-17-13(12-7-20-8-21-12)18(14(11)19)6-9-2-1-3-10(16)4-9/h1-5,7H,6,8H2. The molecule has 0 amide bonds. The van der Waals surface area contributed by atoms with Crippen LogP contribution in [0.3, 0.4) is 0 Å². The van der Waals surface area contributed by atoms with Crippen molar-refractivity contribution in [1.82, 2.24) is 9.55 Å². The fraction of sp³-hybridized carbons (Fsp3) is 0.143. The van der Waals surface area contributed by atoms with Gasteiger partial charge in [0.1, 0.15) is 16.6 Å². The summed E-state index contributed by atoms with van der Waals surface area (Å²) >= 11 is 3.16. The van der Waals surface area contributed by atoms with Crippen molar-refractivity contribution in [2.45, 2.75) is 6.54 Å². The molecular weight excluding hydrogens is 343 g/mol. The molecule has 0 saturated heterocycles. The lowest BCUT2D eigenvalue weighted by molar-refractivity contribution is 0.0996. The second kappa shape index (κ2) is 5.69. The Balaban J connectivity index is 2.07. The van der Waals surface area contributed by atoms with Crippen molar-refractivity contribution in [3.63, 3.8) is 0 Å². The van der Waals surface area contributed by atoms with E-state index in [2.05, 4.69) is 20.9 Å². The summed E-state index contributed by atoms with van der Waals surface area (Å²) in [5.41, 5.74) is 0.374. The molecular formula is C14H10BrFN2O3. The van der Waals surface area contributed by atoms with E-state index in [1.54, 1.807) is 12.1 Å². The fourth-order valence-electron chi connectivity index (χ4n) is 1.99. The zero-order valence-corrected chi connectivity index (χ0v) is 12.3. The monoisotopic (exact) mass is 352 g/mol. The van der Waals surface area contributed by atoms with Crippen molar-refractivity contribution in [1.29, 1.82) is 0 Å². The maximum atomic E-state index is 13.3. The highest BCUT2D eigenvalue weighted by Crippen LogP contribution is 2.19. The molecule has 2 aromatic rings. The average molecular weight is 353 g/mol. The van der Waals surface area contributed by atoms with Crippen LogP contribution in [0, 0.1) is 5.82 Å². The Morgan fingerprint density at radius 1 is 1.43 bits per heavy atom. The molecule has 3 rings (SSSR count). The van der Waals surface area contributed by atoms with Crippen LogP contribution in [-0.4, -0.2) is 16.3 Å². The third-order valence-corrected chi connectivity index (χ3v) is 3.47. The minimum absolute atomic E-state index is 0.0846. The largest absolute Gasteiger partial charge is 0.461 e. The lowest BCUT2D eigenvalue weighted by Gasteiger charge is -2.12. The van der Waals surface area contributed by atoms with Gasteiger partial charge in [-0.2, -0.15) is 0 Å². The Bertz CT molecular complexity index is 773. The molecule has 0 bridgehead atoms. The lowest BCUT2D eigenvalue weighted by Crippen LogP contribution is -2.26. The number of halogens is 2. The summed E-state index contributed by atoms with van der Waals surface area (Å²) in [5.74, 6) is 0.352. The van der Waals surface area contributed by atoms with Crippen molar-refractivity contribution >= 4 is 21.7 Å². The maximum absolute atomic E-state index is 13.3. The molecule has 1 aliphatic rings. The van der Waals surface area contributed by atoms with Gasteiger partial charge in [-0.15, -0.1) is 0 Å². The Kier molecular flexibility index (Phi) is 3.74. The van der Waals surface area contributed by atoms with E-state index in [0.717, 1.165) is 0 Å². The van der Waals surface area contributed by atoms with Crippen LogP contribution in [0.25, 0.3) is 5.76 Å². The first-order valence-electron chi connectivity index (χ1n) is 6.10. The maximum Gasteiger partial charge on any atom is 0.268 e. The van der Waals surface area contributed by atoms with Crippen LogP contribution in [0.4, 0.5) is 4.39 Å². The molecule has 7 heteroatoms. The molecule has 0 aliphatic carbocycles. The molecule has 5 nitrogen and oxygen atoms in total. The number of ether oxygens (including phenoxy) is 2. The molecule has 1 aliphatic heterocycles. The van der Waals surface area contributed by atoms with E-state index in [1.807, 2.05) is 0 Å². The summed E-state index contributed by atoms with van der Waals surface area (Å²) in [6.45, 7) is 0.264. The molecule has 21 heavy (non-hydrogen) atoms. The van der Waals surface area contributed by atoms with Crippen LogP contribution >= 0.6 is 15.9 Å². The van der Waals surface area contributed by atoms with E-state index >= 15 is 0 Å².